The normalized spacial score (nSPS) is 10.3. The van der Waals surface area contributed by atoms with Crippen LogP contribution in [0.1, 0.15) is 10.5 Å². The summed E-state index contributed by atoms with van der Waals surface area (Å²) in [4.78, 5) is 23.3. The molecular formula is C12H14BrN5O2. The second-order valence-corrected chi connectivity index (χ2v) is 5.12. The van der Waals surface area contributed by atoms with Crippen LogP contribution >= 0.6 is 15.9 Å². The molecule has 0 radical (unpaired) electrons. The molecule has 2 aromatic heterocycles. The first-order chi connectivity index (χ1) is 9.49. The Kier molecular flexibility index (Phi) is 4.23. The number of nitrogens with zero attached hydrogens (tertiary/aromatic N) is 3. The van der Waals surface area contributed by atoms with E-state index < -0.39 is 0 Å². The van der Waals surface area contributed by atoms with E-state index in [9.17, 15) is 9.59 Å². The maximum Gasteiger partial charge on any atom is 0.272 e. The van der Waals surface area contributed by atoms with Gasteiger partial charge in [0.05, 0.1) is 11.9 Å². The molecule has 0 aliphatic carbocycles. The van der Waals surface area contributed by atoms with E-state index in [0.29, 0.717) is 11.4 Å². The molecule has 0 saturated carbocycles. The molecule has 0 aliphatic heterocycles. The lowest BCUT2D eigenvalue weighted by molar-refractivity contribution is -0.121. The van der Waals surface area contributed by atoms with Gasteiger partial charge in [-0.3, -0.25) is 14.3 Å². The molecule has 0 aliphatic rings. The third-order valence-corrected chi connectivity index (χ3v) is 3.11. The van der Waals surface area contributed by atoms with E-state index in [1.165, 1.54) is 10.9 Å². The average Bonchev–Trinajstić information content (AvgIpc) is 2.95. The van der Waals surface area contributed by atoms with Crippen molar-refractivity contribution in [3.05, 3.63) is 34.8 Å². The number of rotatable bonds is 4. The van der Waals surface area contributed by atoms with Gasteiger partial charge in [-0.05, 0) is 22.0 Å². The zero-order valence-electron chi connectivity index (χ0n) is 11.1. The number of hydrogen-bond donors (Lipinski definition) is 2. The molecule has 106 valence electrons. The Hall–Kier alpha value is -2.09. The number of amides is 2. The molecule has 2 aromatic rings. The van der Waals surface area contributed by atoms with Gasteiger partial charge in [0.1, 0.15) is 12.2 Å². The minimum Gasteiger partial charge on any atom is -0.358 e. The molecular weight excluding hydrogens is 326 g/mol. The summed E-state index contributed by atoms with van der Waals surface area (Å²) in [6.07, 6.45) is 4.90. The van der Waals surface area contributed by atoms with Crippen LogP contribution in [-0.2, 0) is 18.4 Å². The van der Waals surface area contributed by atoms with E-state index in [2.05, 4.69) is 31.7 Å². The summed E-state index contributed by atoms with van der Waals surface area (Å²) in [5.74, 6) is -0.393. The van der Waals surface area contributed by atoms with Crippen molar-refractivity contribution in [2.75, 3.05) is 12.4 Å². The highest BCUT2D eigenvalue weighted by atomic mass is 79.9. The second kappa shape index (κ2) is 5.91. The van der Waals surface area contributed by atoms with Crippen LogP contribution in [0.15, 0.2) is 29.1 Å². The number of halogens is 1. The Bertz CT molecular complexity index is 646. The van der Waals surface area contributed by atoms with Gasteiger partial charge in [-0.2, -0.15) is 5.10 Å². The Labute approximate surface area is 124 Å². The molecule has 0 spiro atoms. The summed E-state index contributed by atoms with van der Waals surface area (Å²) in [6, 6.07) is 1.73. The zero-order chi connectivity index (χ0) is 14.7. The minimum absolute atomic E-state index is 0.113. The molecule has 8 heteroatoms. The molecule has 2 N–H and O–H groups in total. The van der Waals surface area contributed by atoms with Crippen molar-refractivity contribution in [1.29, 1.82) is 0 Å². The van der Waals surface area contributed by atoms with Gasteiger partial charge in [0.15, 0.2) is 0 Å². The van der Waals surface area contributed by atoms with Gasteiger partial charge in [0, 0.05) is 31.0 Å². The molecule has 0 unspecified atom stereocenters. The molecule has 0 bridgehead atoms. The fraction of sp³-hybridized carbons (Fsp3) is 0.250. The van der Waals surface area contributed by atoms with Crippen molar-refractivity contribution >= 4 is 33.4 Å². The minimum atomic E-state index is -0.238. The fourth-order valence-electron chi connectivity index (χ4n) is 1.69. The summed E-state index contributed by atoms with van der Waals surface area (Å²) in [5.41, 5.74) is 1.06. The van der Waals surface area contributed by atoms with Crippen molar-refractivity contribution in [3.8, 4) is 0 Å². The van der Waals surface area contributed by atoms with Crippen LogP contribution in [0.25, 0.3) is 0 Å². The number of anilines is 1. The highest BCUT2D eigenvalue weighted by Gasteiger charge is 2.12. The van der Waals surface area contributed by atoms with Crippen LogP contribution in [0.2, 0.25) is 0 Å². The summed E-state index contributed by atoms with van der Waals surface area (Å²) in [6.45, 7) is 0.113. The lowest BCUT2D eigenvalue weighted by Gasteiger charge is -2.03. The number of carbonyl (C=O) groups excluding carboxylic acids is 2. The van der Waals surface area contributed by atoms with Crippen molar-refractivity contribution in [3.63, 3.8) is 0 Å². The largest absolute Gasteiger partial charge is 0.358 e. The standard InChI is InChI=1S/C12H14BrN5O2/c1-14-11(19)7-18-6-9(4-15-18)16-12(20)10-3-8(13)5-17(10)2/h3-6H,7H2,1-2H3,(H,14,19)(H,16,20). The Morgan fingerprint density at radius 3 is 2.75 bits per heavy atom. The second-order valence-electron chi connectivity index (χ2n) is 4.21. The monoisotopic (exact) mass is 339 g/mol. The van der Waals surface area contributed by atoms with E-state index in [-0.39, 0.29) is 18.4 Å². The maximum absolute atomic E-state index is 12.1. The van der Waals surface area contributed by atoms with Gasteiger partial charge in [-0.1, -0.05) is 0 Å². The molecule has 0 aromatic carbocycles. The van der Waals surface area contributed by atoms with Gasteiger partial charge < -0.3 is 15.2 Å². The highest BCUT2D eigenvalue weighted by Crippen LogP contribution is 2.15. The van der Waals surface area contributed by atoms with Crippen molar-refractivity contribution in [2.24, 2.45) is 7.05 Å². The van der Waals surface area contributed by atoms with Gasteiger partial charge >= 0.3 is 0 Å². The molecule has 0 fully saturated rings. The van der Waals surface area contributed by atoms with E-state index in [4.69, 9.17) is 0 Å². The number of likely N-dealkylation sites (N-methyl/N-ethyl adjacent to an activating group) is 1. The van der Waals surface area contributed by atoms with Crippen molar-refractivity contribution in [2.45, 2.75) is 6.54 Å². The maximum atomic E-state index is 12.1. The number of carbonyl (C=O) groups is 2. The van der Waals surface area contributed by atoms with Crippen molar-refractivity contribution < 1.29 is 9.59 Å². The van der Waals surface area contributed by atoms with Gasteiger partial charge in [-0.25, -0.2) is 0 Å². The van der Waals surface area contributed by atoms with Crippen LogP contribution in [0.5, 0.6) is 0 Å². The molecule has 0 atom stereocenters. The predicted octanol–water partition coefficient (Wildman–Crippen LogP) is 0.982. The number of aryl methyl sites for hydroxylation is 1. The SMILES string of the molecule is CNC(=O)Cn1cc(NC(=O)c2cc(Br)cn2C)cn1. The van der Waals surface area contributed by atoms with E-state index in [1.807, 2.05) is 0 Å². The Morgan fingerprint density at radius 2 is 2.15 bits per heavy atom. The molecule has 2 heterocycles. The smallest absolute Gasteiger partial charge is 0.272 e. The average molecular weight is 340 g/mol. The number of aromatic nitrogens is 3. The first-order valence-corrected chi connectivity index (χ1v) is 6.65. The van der Waals surface area contributed by atoms with Crippen LogP contribution in [0.3, 0.4) is 0 Å². The summed E-state index contributed by atoms with van der Waals surface area (Å²) >= 11 is 3.31. The van der Waals surface area contributed by atoms with Crippen LogP contribution in [0.4, 0.5) is 5.69 Å². The number of hydrogen-bond acceptors (Lipinski definition) is 3. The molecule has 20 heavy (non-hydrogen) atoms. The predicted molar refractivity (Wildman–Crippen MR) is 77.4 cm³/mol. The summed E-state index contributed by atoms with van der Waals surface area (Å²) in [5, 5.41) is 9.24. The van der Waals surface area contributed by atoms with Gasteiger partial charge in [-0.15, -0.1) is 0 Å². The molecule has 2 rings (SSSR count). The first-order valence-electron chi connectivity index (χ1n) is 5.86. The zero-order valence-corrected chi connectivity index (χ0v) is 12.6. The fourth-order valence-corrected chi connectivity index (χ4v) is 2.21. The third-order valence-electron chi connectivity index (χ3n) is 2.68. The number of nitrogens with one attached hydrogen (secondary N) is 2. The van der Waals surface area contributed by atoms with Crippen molar-refractivity contribution in [1.82, 2.24) is 19.7 Å². The Balaban J connectivity index is 2.05. The lowest BCUT2D eigenvalue weighted by atomic mass is 10.4. The summed E-state index contributed by atoms with van der Waals surface area (Å²) < 4.78 is 4.00. The topological polar surface area (TPSA) is 81.0 Å². The van der Waals surface area contributed by atoms with Crippen LogP contribution in [0, 0.1) is 0 Å². The summed E-state index contributed by atoms with van der Waals surface area (Å²) in [7, 11) is 3.34. The van der Waals surface area contributed by atoms with Crippen LogP contribution in [-0.4, -0.2) is 33.2 Å². The quantitative estimate of drug-likeness (QED) is 0.871. The Morgan fingerprint density at radius 1 is 1.40 bits per heavy atom. The van der Waals surface area contributed by atoms with E-state index in [0.717, 1.165) is 4.47 Å². The highest BCUT2D eigenvalue weighted by molar-refractivity contribution is 9.10. The van der Waals surface area contributed by atoms with Crippen LogP contribution < -0.4 is 10.6 Å². The van der Waals surface area contributed by atoms with E-state index in [1.54, 1.807) is 37.1 Å². The molecule has 7 nitrogen and oxygen atoms in total. The first kappa shape index (κ1) is 14.3. The van der Waals surface area contributed by atoms with Gasteiger partial charge in [0.2, 0.25) is 5.91 Å². The lowest BCUT2D eigenvalue weighted by Crippen LogP contribution is -2.23. The molecule has 2 amide bonds. The third kappa shape index (κ3) is 3.27. The van der Waals surface area contributed by atoms with Gasteiger partial charge in [0.25, 0.3) is 5.91 Å². The molecule has 0 saturated heterocycles. The van der Waals surface area contributed by atoms with E-state index >= 15 is 0 Å².